The number of carbonyl (C=O) groups is 1. The Morgan fingerprint density at radius 2 is 2.27 bits per heavy atom. The molecule has 0 atom stereocenters. The second kappa shape index (κ2) is 3.98. The molecular weight excluding hydrogens is 197 g/mol. The zero-order valence-corrected chi connectivity index (χ0v) is 8.16. The molecule has 0 heterocycles. The Kier molecular flexibility index (Phi) is 2.68. The standard InChI is InChI=1S/C11H12FNO2/c12-10-5-7(1-2-8(10)6-14)11(15)13-9-3-4-9/h1-2,5,9,14H,3-4,6H2,(H,13,15). The highest BCUT2D eigenvalue weighted by Crippen LogP contribution is 2.19. The summed E-state index contributed by atoms with van der Waals surface area (Å²) in [5.74, 6) is -0.790. The van der Waals surface area contributed by atoms with Crippen molar-refractivity contribution in [2.45, 2.75) is 25.5 Å². The first-order valence-corrected chi connectivity index (χ1v) is 4.91. The molecule has 1 aromatic carbocycles. The van der Waals surface area contributed by atoms with E-state index in [4.69, 9.17) is 5.11 Å². The van der Waals surface area contributed by atoms with E-state index in [-0.39, 0.29) is 24.1 Å². The smallest absolute Gasteiger partial charge is 0.251 e. The topological polar surface area (TPSA) is 49.3 Å². The van der Waals surface area contributed by atoms with Crippen molar-refractivity contribution in [3.8, 4) is 0 Å². The molecule has 0 bridgehead atoms. The number of halogens is 1. The maximum Gasteiger partial charge on any atom is 0.251 e. The summed E-state index contributed by atoms with van der Waals surface area (Å²) in [4.78, 5) is 11.5. The predicted molar refractivity (Wildman–Crippen MR) is 52.8 cm³/mol. The number of hydrogen-bond donors (Lipinski definition) is 2. The van der Waals surface area contributed by atoms with Gasteiger partial charge in [-0.3, -0.25) is 4.79 Å². The average Bonchev–Trinajstić information content (AvgIpc) is 3.01. The molecule has 80 valence electrons. The van der Waals surface area contributed by atoms with Crippen molar-refractivity contribution in [1.29, 1.82) is 0 Å². The van der Waals surface area contributed by atoms with Crippen LogP contribution in [0.4, 0.5) is 4.39 Å². The summed E-state index contributed by atoms with van der Waals surface area (Å²) in [5.41, 5.74) is 0.509. The van der Waals surface area contributed by atoms with E-state index in [1.807, 2.05) is 0 Å². The number of carbonyl (C=O) groups excluding carboxylic acids is 1. The van der Waals surface area contributed by atoms with E-state index in [9.17, 15) is 9.18 Å². The third kappa shape index (κ3) is 2.33. The van der Waals surface area contributed by atoms with Gasteiger partial charge in [-0.15, -0.1) is 0 Å². The zero-order valence-electron chi connectivity index (χ0n) is 8.16. The molecule has 0 saturated heterocycles. The first-order chi connectivity index (χ1) is 7.20. The molecule has 4 heteroatoms. The SMILES string of the molecule is O=C(NC1CC1)c1ccc(CO)c(F)c1. The van der Waals surface area contributed by atoms with Gasteiger partial charge in [-0.05, 0) is 25.0 Å². The van der Waals surface area contributed by atoms with Gasteiger partial charge in [-0.2, -0.15) is 0 Å². The van der Waals surface area contributed by atoms with E-state index in [1.54, 1.807) is 0 Å². The van der Waals surface area contributed by atoms with Crippen LogP contribution in [0, 0.1) is 5.82 Å². The number of amides is 1. The maximum absolute atomic E-state index is 13.2. The summed E-state index contributed by atoms with van der Waals surface area (Å²) in [6.45, 7) is -0.351. The van der Waals surface area contributed by atoms with Crippen LogP contribution in [0.2, 0.25) is 0 Å². The Labute approximate surface area is 86.9 Å². The molecule has 1 saturated carbocycles. The third-order valence-corrected chi connectivity index (χ3v) is 2.40. The van der Waals surface area contributed by atoms with Crippen molar-refractivity contribution in [2.24, 2.45) is 0 Å². The van der Waals surface area contributed by atoms with Gasteiger partial charge >= 0.3 is 0 Å². The molecule has 2 N–H and O–H groups in total. The number of hydrogen-bond acceptors (Lipinski definition) is 2. The fourth-order valence-corrected chi connectivity index (χ4v) is 1.31. The summed E-state index contributed by atoms with van der Waals surface area (Å²) in [5, 5.41) is 11.5. The molecule has 2 rings (SSSR count). The van der Waals surface area contributed by atoms with E-state index >= 15 is 0 Å². The number of rotatable bonds is 3. The first kappa shape index (κ1) is 10.1. The largest absolute Gasteiger partial charge is 0.392 e. The Morgan fingerprint density at radius 3 is 2.80 bits per heavy atom. The van der Waals surface area contributed by atoms with Crippen LogP contribution >= 0.6 is 0 Å². The summed E-state index contributed by atoms with van der Waals surface area (Å²) in [6.07, 6.45) is 2.01. The Bertz CT molecular complexity index is 388. The van der Waals surface area contributed by atoms with Crippen molar-refractivity contribution in [3.63, 3.8) is 0 Å². The first-order valence-electron chi connectivity index (χ1n) is 4.91. The Balaban J connectivity index is 2.13. The van der Waals surface area contributed by atoms with Crippen molar-refractivity contribution in [3.05, 3.63) is 35.1 Å². The van der Waals surface area contributed by atoms with Crippen LogP contribution in [0.25, 0.3) is 0 Å². The van der Waals surface area contributed by atoms with Crippen LogP contribution in [0.5, 0.6) is 0 Å². The molecule has 0 radical (unpaired) electrons. The minimum atomic E-state index is -0.541. The second-order valence-corrected chi connectivity index (χ2v) is 3.71. The van der Waals surface area contributed by atoms with Crippen LogP contribution < -0.4 is 5.32 Å². The van der Waals surface area contributed by atoms with Crippen LogP contribution in [-0.2, 0) is 6.61 Å². The highest BCUT2D eigenvalue weighted by atomic mass is 19.1. The summed E-state index contributed by atoms with van der Waals surface area (Å²) < 4.78 is 13.2. The lowest BCUT2D eigenvalue weighted by Gasteiger charge is -2.04. The van der Waals surface area contributed by atoms with E-state index in [0.29, 0.717) is 5.56 Å². The monoisotopic (exact) mass is 209 g/mol. The summed E-state index contributed by atoms with van der Waals surface area (Å²) in [6, 6.07) is 4.37. The van der Waals surface area contributed by atoms with Gasteiger partial charge in [0.05, 0.1) is 6.61 Å². The van der Waals surface area contributed by atoms with E-state index in [1.165, 1.54) is 12.1 Å². The minimum Gasteiger partial charge on any atom is -0.392 e. The Hall–Kier alpha value is -1.42. The van der Waals surface area contributed by atoms with Gasteiger partial charge < -0.3 is 10.4 Å². The second-order valence-electron chi connectivity index (χ2n) is 3.71. The van der Waals surface area contributed by atoms with Gasteiger partial charge in [0, 0.05) is 17.2 Å². The van der Waals surface area contributed by atoms with E-state index in [0.717, 1.165) is 18.9 Å². The van der Waals surface area contributed by atoms with Crippen LogP contribution in [-0.4, -0.2) is 17.1 Å². The van der Waals surface area contributed by atoms with Gasteiger partial charge in [-0.1, -0.05) is 6.07 Å². The lowest BCUT2D eigenvalue weighted by molar-refractivity contribution is 0.0950. The lowest BCUT2D eigenvalue weighted by atomic mass is 10.1. The molecule has 0 aliphatic heterocycles. The van der Waals surface area contributed by atoms with E-state index in [2.05, 4.69) is 5.32 Å². The molecule has 1 aliphatic rings. The molecule has 0 spiro atoms. The fourth-order valence-electron chi connectivity index (χ4n) is 1.31. The molecule has 1 fully saturated rings. The number of benzene rings is 1. The number of aliphatic hydroxyl groups excluding tert-OH is 1. The van der Waals surface area contributed by atoms with Gasteiger partial charge in [0.15, 0.2) is 0 Å². The average molecular weight is 209 g/mol. The minimum absolute atomic E-state index is 0.206. The van der Waals surface area contributed by atoms with Crippen LogP contribution in [0.3, 0.4) is 0 Å². The van der Waals surface area contributed by atoms with Crippen molar-refractivity contribution in [2.75, 3.05) is 0 Å². The number of nitrogens with one attached hydrogen (secondary N) is 1. The lowest BCUT2D eigenvalue weighted by Crippen LogP contribution is -2.25. The fraction of sp³-hybridized carbons (Fsp3) is 0.364. The van der Waals surface area contributed by atoms with Crippen molar-refractivity contribution >= 4 is 5.91 Å². The van der Waals surface area contributed by atoms with Crippen molar-refractivity contribution < 1.29 is 14.3 Å². The highest BCUT2D eigenvalue weighted by molar-refractivity contribution is 5.94. The summed E-state index contributed by atoms with van der Waals surface area (Å²) in [7, 11) is 0. The van der Waals surface area contributed by atoms with Gasteiger partial charge in [0.1, 0.15) is 5.82 Å². The van der Waals surface area contributed by atoms with Gasteiger partial charge in [-0.25, -0.2) is 4.39 Å². The quantitative estimate of drug-likeness (QED) is 0.786. The molecule has 1 amide bonds. The molecule has 1 aliphatic carbocycles. The van der Waals surface area contributed by atoms with Crippen LogP contribution in [0.15, 0.2) is 18.2 Å². The van der Waals surface area contributed by atoms with Gasteiger partial charge in [0.25, 0.3) is 5.91 Å². The summed E-state index contributed by atoms with van der Waals surface area (Å²) >= 11 is 0. The number of aliphatic hydroxyl groups is 1. The Morgan fingerprint density at radius 1 is 1.53 bits per heavy atom. The maximum atomic E-state index is 13.2. The molecule has 3 nitrogen and oxygen atoms in total. The molecule has 15 heavy (non-hydrogen) atoms. The molecule has 1 aromatic rings. The molecular formula is C11H12FNO2. The third-order valence-electron chi connectivity index (χ3n) is 2.40. The van der Waals surface area contributed by atoms with Crippen LogP contribution in [0.1, 0.15) is 28.8 Å². The molecule has 0 aromatic heterocycles. The molecule has 0 unspecified atom stereocenters. The predicted octanol–water partition coefficient (Wildman–Crippen LogP) is 1.21. The van der Waals surface area contributed by atoms with Crippen molar-refractivity contribution in [1.82, 2.24) is 5.32 Å². The normalized spacial score (nSPS) is 15.1. The van der Waals surface area contributed by atoms with E-state index < -0.39 is 5.82 Å². The van der Waals surface area contributed by atoms with Gasteiger partial charge in [0.2, 0.25) is 0 Å². The highest BCUT2D eigenvalue weighted by Gasteiger charge is 2.23. The zero-order chi connectivity index (χ0) is 10.8.